The molecule has 0 radical (unpaired) electrons. The van der Waals surface area contributed by atoms with E-state index in [4.69, 9.17) is 9.47 Å². The number of hydrogen-bond acceptors (Lipinski definition) is 5. The lowest BCUT2D eigenvalue weighted by Crippen LogP contribution is -2.51. The van der Waals surface area contributed by atoms with Crippen LogP contribution in [0.3, 0.4) is 0 Å². The first-order valence-corrected chi connectivity index (χ1v) is 6.37. The van der Waals surface area contributed by atoms with Crippen LogP contribution in [0.4, 0.5) is 5.69 Å². The van der Waals surface area contributed by atoms with E-state index < -0.39 is 0 Å². The van der Waals surface area contributed by atoms with Gasteiger partial charge in [0.2, 0.25) is 6.79 Å². The standard InChI is InChI=1S/C13H19N3O2/c1-16-5-4-14-11(8-16)7-15-10-2-3-12-13(6-10)18-9-17-12/h2-3,6,11,14-15H,4-5,7-9H2,1H3. The van der Waals surface area contributed by atoms with Crippen molar-refractivity contribution in [3.63, 3.8) is 0 Å². The third kappa shape index (κ3) is 2.52. The normalized spacial score (nSPS) is 23.1. The Balaban J connectivity index is 1.56. The van der Waals surface area contributed by atoms with Gasteiger partial charge in [0.15, 0.2) is 11.5 Å². The minimum absolute atomic E-state index is 0.327. The molecule has 5 heteroatoms. The van der Waals surface area contributed by atoms with Crippen LogP contribution in [0.25, 0.3) is 0 Å². The molecule has 0 spiro atoms. The maximum absolute atomic E-state index is 5.36. The fourth-order valence-electron chi connectivity index (χ4n) is 2.38. The highest BCUT2D eigenvalue weighted by Gasteiger charge is 2.17. The van der Waals surface area contributed by atoms with Gasteiger partial charge in [-0.1, -0.05) is 0 Å². The number of likely N-dealkylation sites (N-methyl/N-ethyl adjacent to an activating group) is 1. The molecule has 2 aliphatic rings. The molecule has 18 heavy (non-hydrogen) atoms. The molecule has 0 aromatic heterocycles. The monoisotopic (exact) mass is 249 g/mol. The molecule has 1 saturated heterocycles. The number of piperazine rings is 1. The molecule has 1 aromatic rings. The Morgan fingerprint density at radius 2 is 2.28 bits per heavy atom. The second kappa shape index (κ2) is 5.04. The van der Waals surface area contributed by atoms with E-state index in [9.17, 15) is 0 Å². The molecule has 0 aliphatic carbocycles. The van der Waals surface area contributed by atoms with Gasteiger partial charge in [-0.15, -0.1) is 0 Å². The molecular formula is C13H19N3O2. The predicted octanol–water partition coefficient (Wildman–Crippen LogP) is 0.731. The molecule has 1 atom stereocenters. The Hall–Kier alpha value is -1.46. The molecule has 98 valence electrons. The van der Waals surface area contributed by atoms with Crippen LogP contribution in [-0.2, 0) is 0 Å². The van der Waals surface area contributed by atoms with Gasteiger partial charge >= 0.3 is 0 Å². The maximum atomic E-state index is 5.36. The van der Waals surface area contributed by atoms with E-state index in [1.54, 1.807) is 0 Å². The molecule has 0 saturated carbocycles. The van der Waals surface area contributed by atoms with Crippen molar-refractivity contribution >= 4 is 5.69 Å². The van der Waals surface area contributed by atoms with E-state index in [2.05, 4.69) is 22.6 Å². The van der Waals surface area contributed by atoms with E-state index in [0.717, 1.165) is 43.4 Å². The summed E-state index contributed by atoms with van der Waals surface area (Å²) in [6.45, 7) is 4.51. The van der Waals surface area contributed by atoms with Gasteiger partial charge in [0.1, 0.15) is 0 Å². The lowest BCUT2D eigenvalue weighted by Gasteiger charge is -2.31. The number of rotatable bonds is 3. The third-order valence-corrected chi connectivity index (χ3v) is 3.38. The Labute approximate surface area is 107 Å². The van der Waals surface area contributed by atoms with Crippen LogP contribution < -0.4 is 20.1 Å². The van der Waals surface area contributed by atoms with E-state index >= 15 is 0 Å². The summed E-state index contributed by atoms with van der Waals surface area (Å²) in [7, 11) is 2.16. The van der Waals surface area contributed by atoms with Crippen LogP contribution >= 0.6 is 0 Å². The molecule has 3 rings (SSSR count). The first-order valence-electron chi connectivity index (χ1n) is 6.37. The smallest absolute Gasteiger partial charge is 0.231 e. The first-order chi connectivity index (χ1) is 8.81. The highest BCUT2D eigenvalue weighted by molar-refractivity contribution is 5.55. The minimum atomic E-state index is 0.327. The van der Waals surface area contributed by atoms with Crippen molar-refractivity contribution in [2.24, 2.45) is 0 Å². The number of benzene rings is 1. The zero-order valence-corrected chi connectivity index (χ0v) is 10.6. The fraction of sp³-hybridized carbons (Fsp3) is 0.538. The zero-order chi connectivity index (χ0) is 12.4. The lowest BCUT2D eigenvalue weighted by atomic mass is 10.2. The molecule has 2 N–H and O–H groups in total. The zero-order valence-electron chi connectivity index (χ0n) is 10.6. The summed E-state index contributed by atoms with van der Waals surface area (Å²) in [5, 5.41) is 6.95. The summed E-state index contributed by atoms with van der Waals surface area (Å²) < 4.78 is 10.7. The van der Waals surface area contributed by atoms with Crippen molar-refractivity contribution in [1.82, 2.24) is 10.2 Å². The minimum Gasteiger partial charge on any atom is -0.454 e. The third-order valence-electron chi connectivity index (χ3n) is 3.38. The summed E-state index contributed by atoms with van der Waals surface area (Å²) in [5.74, 6) is 1.66. The van der Waals surface area contributed by atoms with Crippen molar-refractivity contribution in [3.8, 4) is 11.5 Å². The van der Waals surface area contributed by atoms with Gasteiger partial charge in [-0.05, 0) is 19.2 Å². The highest BCUT2D eigenvalue weighted by atomic mass is 16.7. The van der Waals surface area contributed by atoms with Crippen molar-refractivity contribution in [3.05, 3.63) is 18.2 Å². The summed E-state index contributed by atoms with van der Waals surface area (Å²) in [6, 6.07) is 6.47. The van der Waals surface area contributed by atoms with Gasteiger partial charge in [0.05, 0.1) is 0 Å². The topological polar surface area (TPSA) is 45.8 Å². The summed E-state index contributed by atoms with van der Waals surface area (Å²) in [6.07, 6.45) is 0. The number of fused-ring (bicyclic) bond motifs is 1. The van der Waals surface area contributed by atoms with E-state index in [1.807, 2.05) is 18.2 Å². The van der Waals surface area contributed by atoms with Gasteiger partial charge in [0, 0.05) is 44.0 Å². The molecule has 1 unspecified atom stereocenters. The largest absolute Gasteiger partial charge is 0.454 e. The van der Waals surface area contributed by atoms with Crippen LogP contribution in [0.1, 0.15) is 0 Å². The van der Waals surface area contributed by atoms with Crippen LogP contribution in [0, 0.1) is 0 Å². The molecule has 2 heterocycles. The quantitative estimate of drug-likeness (QED) is 0.827. The van der Waals surface area contributed by atoms with Crippen LogP contribution in [0.2, 0.25) is 0 Å². The van der Waals surface area contributed by atoms with Crippen molar-refractivity contribution < 1.29 is 9.47 Å². The Kier molecular flexibility index (Phi) is 3.25. The fourth-order valence-corrected chi connectivity index (χ4v) is 2.38. The molecule has 5 nitrogen and oxygen atoms in total. The molecule has 1 fully saturated rings. The van der Waals surface area contributed by atoms with Crippen LogP contribution in [0.5, 0.6) is 11.5 Å². The number of hydrogen-bond donors (Lipinski definition) is 2. The number of nitrogens with zero attached hydrogens (tertiary/aromatic N) is 1. The molecule has 1 aromatic carbocycles. The van der Waals surface area contributed by atoms with Crippen LogP contribution in [0.15, 0.2) is 18.2 Å². The Morgan fingerprint density at radius 3 is 3.17 bits per heavy atom. The first kappa shape index (κ1) is 11.6. The van der Waals surface area contributed by atoms with E-state index in [0.29, 0.717) is 12.8 Å². The average molecular weight is 249 g/mol. The second-order valence-corrected chi connectivity index (χ2v) is 4.86. The Morgan fingerprint density at radius 1 is 1.39 bits per heavy atom. The van der Waals surface area contributed by atoms with Gasteiger partial charge in [0.25, 0.3) is 0 Å². The molecule has 0 bridgehead atoms. The van der Waals surface area contributed by atoms with Gasteiger partial charge < -0.3 is 25.0 Å². The number of anilines is 1. The Bertz CT molecular complexity index is 425. The van der Waals surface area contributed by atoms with Gasteiger partial charge in [-0.25, -0.2) is 0 Å². The van der Waals surface area contributed by atoms with Crippen molar-refractivity contribution in [1.29, 1.82) is 0 Å². The van der Waals surface area contributed by atoms with Crippen molar-refractivity contribution in [2.45, 2.75) is 6.04 Å². The van der Waals surface area contributed by atoms with Gasteiger partial charge in [-0.3, -0.25) is 0 Å². The number of nitrogens with one attached hydrogen (secondary N) is 2. The lowest BCUT2D eigenvalue weighted by molar-refractivity contribution is 0.174. The molecule has 0 amide bonds. The maximum Gasteiger partial charge on any atom is 0.231 e. The van der Waals surface area contributed by atoms with E-state index in [-0.39, 0.29) is 0 Å². The summed E-state index contributed by atoms with van der Waals surface area (Å²) >= 11 is 0. The summed E-state index contributed by atoms with van der Waals surface area (Å²) in [4.78, 5) is 2.35. The second-order valence-electron chi connectivity index (χ2n) is 4.86. The van der Waals surface area contributed by atoms with E-state index in [1.165, 1.54) is 0 Å². The average Bonchev–Trinajstić information content (AvgIpc) is 2.84. The number of ether oxygens (including phenoxy) is 2. The predicted molar refractivity (Wildman–Crippen MR) is 70.3 cm³/mol. The summed E-state index contributed by atoms with van der Waals surface area (Å²) in [5.41, 5.74) is 1.08. The molecular weight excluding hydrogens is 230 g/mol. The highest BCUT2D eigenvalue weighted by Crippen LogP contribution is 2.34. The molecule has 2 aliphatic heterocycles. The van der Waals surface area contributed by atoms with Crippen molar-refractivity contribution in [2.75, 3.05) is 45.3 Å². The SMILES string of the molecule is CN1CCNC(CNc2ccc3c(c2)OCO3)C1. The van der Waals surface area contributed by atoms with Gasteiger partial charge in [-0.2, -0.15) is 0 Å². The van der Waals surface area contributed by atoms with Crippen LogP contribution in [-0.4, -0.2) is 51.0 Å².